The van der Waals surface area contributed by atoms with E-state index >= 15 is 0 Å². The highest BCUT2D eigenvalue weighted by Gasteiger charge is 2.40. The molecule has 0 atom stereocenters. The van der Waals surface area contributed by atoms with Crippen molar-refractivity contribution in [3.63, 3.8) is 0 Å². The average Bonchev–Trinajstić information content (AvgIpc) is 2.73. The molecule has 2 fully saturated rings. The third-order valence-electron chi connectivity index (χ3n) is 6.80. The fourth-order valence-electron chi connectivity index (χ4n) is 4.64. The Morgan fingerprint density at radius 1 is 1.00 bits per heavy atom. The predicted molar refractivity (Wildman–Crippen MR) is 121 cm³/mol. The summed E-state index contributed by atoms with van der Waals surface area (Å²) in [7, 11) is 0. The molecule has 0 spiro atoms. The topological polar surface area (TPSA) is 58.5 Å². The molecule has 0 amide bonds. The van der Waals surface area contributed by atoms with Gasteiger partial charge < -0.3 is 14.7 Å². The van der Waals surface area contributed by atoms with Crippen molar-refractivity contribution in [1.82, 2.24) is 9.97 Å². The number of aliphatic hydroxyl groups is 1. The summed E-state index contributed by atoms with van der Waals surface area (Å²) in [6.07, 6.45) is 5.46. The number of nitrogens with zero attached hydrogens (tertiary/aromatic N) is 3. The molecule has 1 N–H and O–H groups in total. The Hall–Kier alpha value is -2.92. The number of ether oxygens (including phenoxy) is 1. The smallest absolute Gasteiger partial charge is 0.225 e. The molecule has 1 aromatic heterocycles. The van der Waals surface area contributed by atoms with E-state index < -0.39 is 0 Å². The van der Waals surface area contributed by atoms with E-state index in [0.717, 1.165) is 24.5 Å². The van der Waals surface area contributed by atoms with E-state index in [9.17, 15) is 5.11 Å². The molecule has 31 heavy (non-hydrogen) atoms. The number of hydrogen-bond donors (Lipinski definition) is 1. The molecule has 0 unspecified atom stereocenters. The molecule has 2 heterocycles. The first kappa shape index (κ1) is 20.0. The van der Waals surface area contributed by atoms with Crippen LogP contribution in [0.15, 0.2) is 60.8 Å². The zero-order chi connectivity index (χ0) is 21.3. The standard InChI is InChI=1S/C26H29N3O2/c1-19-3-5-21(6-4-19)26(12-2-13-26)22-7-9-24(10-8-22)31-18-23-11-14-27-25(28-23)29-15-20(16-29)17-30/h3-11,14,20,30H,2,12-13,15-18H2,1H3. The normalized spacial score (nSPS) is 17.7. The summed E-state index contributed by atoms with van der Waals surface area (Å²) >= 11 is 0. The Labute approximate surface area is 183 Å². The minimum atomic E-state index is 0.150. The maximum atomic E-state index is 9.19. The molecule has 2 aromatic carbocycles. The largest absolute Gasteiger partial charge is 0.487 e. The highest BCUT2D eigenvalue weighted by Crippen LogP contribution is 2.49. The lowest BCUT2D eigenvalue weighted by molar-refractivity contribution is 0.199. The van der Waals surface area contributed by atoms with E-state index in [0.29, 0.717) is 18.5 Å². The van der Waals surface area contributed by atoms with E-state index in [1.54, 1.807) is 6.20 Å². The van der Waals surface area contributed by atoms with Gasteiger partial charge in [-0.1, -0.05) is 48.4 Å². The zero-order valence-electron chi connectivity index (χ0n) is 18.0. The van der Waals surface area contributed by atoms with Gasteiger partial charge in [0.2, 0.25) is 5.95 Å². The van der Waals surface area contributed by atoms with Gasteiger partial charge in [0.1, 0.15) is 12.4 Å². The predicted octanol–water partition coefficient (Wildman–Crippen LogP) is 4.26. The van der Waals surface area contributed by atoms with E-state index in [1.807, 2.05) is 6.07 Å². The van der Waals surface area contributed by atoms with Gasteiger partial charge in [-0.15, -0.1) is 0 Å². The van der Waals surface area contributed by atoms with Crippen LogP contribution in [0, 0.1) is 12.8 Å². The summed E-state index contributed by atoms with van der Waals surface area (Å²) in [5.41, 5.74) is 5.10. The van der Waals surface area contributed by atoms with Gasteiger partial charge in [0.15, 0.2) is 0 Å². The second kappa shape index (κ2) is 8.31. The molecule has 5 heteroatoms. The number of hydrogen-bond acceptors (Lipinski definition) is 5. The van der Waals surface area contributed by atoms with E-state index in [4.69, 9.17) is 4.74 Å². The van der Waals surface area contributed by atoms with Crippen molar-refractivity contribution < 1.29 is 9.84 Å². The third-order valence-corrected chi connectivity index (χ3v) is 6.80. The van der Waals surface area contributed by atoms with Crippen molar-refractivity contribution in [2.45, 2.75) is 38.2 Å². The van der Waals surface area contributed by atoms with Crippen molar-refractivity contribution >= 4 is 5.95 Å². The second-order valence-electron chi connectivity index (χ2n) is 8.92. The van der Waals surface area contributed by atoms with Crippen LogP contribution >= 0.6 is 0 Å². The highest BCUT2D eigenvalue weighted by atomic mass is 16.5. The van der Waals surface area contributed by atoms with Gasteiger partial charge in [-0.25, -0.2) is 9.97 Å². The minimum Gasteiger partial charge on any atom is -0.487 e. The van der Waals surface area contributed by atoms with Gasteiger partial charge in [0.05, 0.1) is 5.69 Å². The Morgan fingerprint density at radius 2 is 1.68 bits per heavy atom. The third kappa shape index (κ3) is 3.90. The van der Waals surface area contributed by atoms with Crippen molar-refractivity contribution in [2.24, 2.45) is 5.92 Å². The molecular formula is C26H29N3O2. The van der Waals surface area contributed by atoms with Crippen LogP contribution in [0.5, 0.6) is 5.75 Å². The van der Waals surface area contributed by atoms with Crippen LogP contribution in [-0.2, 0) is 12.0 Å². The Balaban J connectivity index is 1.24. The molecule has 0 radical (unpaired) electrons. The Bertz CT molecular complexity index is 1020. The van der Waals surface area contributed by atoms with Crippen LogP contribution in [0.4, 0.5) is 5.95 Å². The molecule has 3 aromatic rings. The lowest BCUT2D eigenvalue weighted by Crippen LogP contribution is -2.49. The van der Waals surface area contributed by atoms with Gasteiger partial charge in [-0.05, 0) is 49.1 Å². The van der Waals surface area contributed by atoms with Gasteiger partial charge in [0.25, 0.3) is 0 Å². The number of rotatable bonds is 7. The van der Waals surface area contributed by atoms with Crippen LogP contribution in [0.2, 0.25) is 0 Å². The second-order valence-corrected chi connectivity index (χ2v) is 8.92. The summed E-state index contributed by atoms with van der Waals surface area (Å²) in [6, 6.07) is 19.5. The Morgan fingerprint density at radius 3 is 2.29 bits per heavy atom. The quantitative estimate of drug-likeness (QED) is 0.625. The van der Waals surface area contributed by atoms with Crippen LogP contribution < -0.4 is 9.64 Å². The summed E-state index contributed by atoms with van der Waals surface area (Å²) in [5, 5.41) is 9.19. The molecule has 0 bridgehead atoms. The van der Waals surface area contributed by atoms with Crippen LogP contribution in [0.1, 0.15) is 41.6 Å². The first-order valence-corrected chi connectivity index (χ1v) is 11.1. The van der Waals surface area contributed by atoms with Gasteiger partial charge >= 0.3 is 0 Å². The van der Waals surface area contributed by atoms with Gasteiger partial charge in [-0.2, -0.15) is 0 Å². The minimum absolute atomic E-state index is 0.150. The van der Waals surface area contributed by atoms with Crippen molar-refractivity contribution in [1.29, 1.82) is 0 Å². The maximum absolute atomic E-state index is 9.19. The summed E-state index contributed by atoms with van der Waals surface area (Å²) in [6.45, 7) is 4.39. The fraction of sp³-hybridized carbons (Fsp3) is 0.385. The number of aliphatic hydroxyl groups excluding tert-OH is 1. The fourth-order valence-corrected chi connectivity index (χ4v) is 4.64. The van der Waals surface area contributed by atoms with E-state index in [2.05, 4.69) is 70.3 Å². The summed E-state index contributed by atoms with van der Waals surface area (Å²) < 4.78 is 6.01. The summed E-state index contributed by atoms with van der Waals surface area (Å²) in [4.78, 5) is 11.0. The number of benzene rings is 2. The molecule has 1 saturated heterocycles. The van der Waals surface area contributed by atoms with Crippen LogP contribution in [-0.4, -0.2) is 34.8 Å². The molecular weight excluding hydrogens is 386 g/mol. The highest BCUT2D eigenvalue weighted by molar-refractivity contribution is 5.44. The first-order chi connectivity index (χ1) is 15.2. The van der Waals surface area contributed by atoms with Crippen LogP contribution in [0.25, 0.3) is 0 Å². The molecule has 2 aliphatic rings. The Kier molecular flexibility index (Phi) is 5.36. The number of anilines is 1. The maximum Gasteiger partial charge on any atom is 0.225 e. The first-order valence-electron chi connectivity index (χ1n) is 11.1. The lowest BCUT2D eigenvalue weighted by atomic mass is 9.60. The van der Waals surface area contributed by atoms with Crippen molar-refractivity contribution in [3.8, 4) is 5.75 Å². The lowest BCUT2D eigenvalue weighted by Gasteiger charge is -2.43. The van der Waals surface area contributed by atoms with Crippen molar-refractivity contribution in [3.05, 3.63) is 83.2 Å². The number of aromatic nitrogens is 2. The van der Waals surface area contributed by atoms with E-state index in [1.165, 1.54) is 36.0 Å². The van der Waals surface area contributed by atoms with Gasteiger partial charge in [-0.3, -0.25) is 0 Å². The monoisotopic (exact) mass is 415 g/mol. The SMILES string of the molecule is Cc1ccc(C2(c3ccc(OCc4ccnc(N5CC(CO)C5)n4)cc3)CCC2)cc1. The molecule has 1 aliphatic carbocycles. The molecule has 5 nitrogen and oxygen atoms in total. The molecule has 160 valence electrons. The van der Waals surface area contributed by atoms with Gasteiger partial charge in [0, 0.05) is 37.2 Å². The average molecular weight is 416 g/mol. The molecule has 1 aliphatic heterocycles. The molecule has 1 saturated carbocycles. The van der Waals surface area contributed by atoms with Crippen LogP contribution in [0.3, 0.4) is 0 Å². The van der Waals surface area contributed by atoms with E-state index in [-0.39, 0.29) is 12.0 Å². The van der Waals surface area contributed by atoms with Crippen molar-refractivity contribution in [2.75, 3.05) is 24.6 Å². The molecule has 5 rings (SSSR count). The number of aryl methyl sites for hydroxylation is 1. The zero-order valence-corrected chi connectivity index (χ0v) is 18.0. The summed E-state index contributed by atoms with van der Waals surface area (Å²) in [5.74, 6) is 1.90.